The number of hydrogen-bond acceptors (Lipinski definition) is 3. The molecule has 0 saturated carbocycles. The van der Waals surface area contributed by atoms with E-state index in [2.05, 4.69) is 4.72 Å². The van der Waals surface area contributed by atoms with Crippen molar-refractivity contribution in [2.75, 3.05) is 0 Å². The smallest absolute Gasteiger partial charge is 0.241 e. The van der Waals surface area contributed by atoms with Gasteiger partial charge in [0, 0.05) is 17.1 Å². The van der Waals surface area contributed by atoms with Crippen LogP contribution in [0.1, 0.15) is 44.7 Å². The summed E-state index contributed by atoms with van der Waals surface area (Å²) in [4.78, 5) is 0.207. The summed E-state index contributed by atoms with van der Waals surface area (Å²) in [7, 11) is -3.62. The molecule has 0 amide bonds. The highest BCUT2D eigenvalue weighted by molar-refractivity contribution is 7.89. The molecule has 0 aliphatic rings. The maximum Gasteiger partial charge on any atom is 0.241 e. The summed E-state index contributed by atoms with van der Waals surface area (Å²) in [5, 5.41) is 0.381. The van der Waals surface area contributed by atoms with Crippen LogP contribution in [-0.2, 0) is 16.6 Å². The Kier molecular flexibility index (Phi) is 5.61. The number of rotatable bonds is 6. The number of nitrogens with one attached hydrogen (secondary N) is 1. The van der Waals surface area contributed by atoms with Crippen molar-refractivity contribution in [2.45, 2.75) is 57.5 Å². The number of hydrogen-bond donors (Lipinski definition) is 2. The van der Waals surface area contributed by atoms with Crippen LogP contribution < -0.4 is 10.5 Å². The van der Waals surface area contributed by atoms with E-state index in [1.807, 2.05) is 20.8 Å². The molecule has 0 fully saturated rings. The van der Waals surface area contributed by atoms with Crippen molar-refractivity contribution < 1.29 is 8.42 Å². The standard InChI is InChI=1S/C14H23ClN2O2S/c1-5-14(4,6-2)17-20(18,19)13-8-12(15)7-11(9-16)10(13)3/h7-8,17H,5-6,9,16H2,1-4H3. The van der Waals surface area contributed by atoms with Gasteiger partial charge >= 0.3 is 0 Å². The van der Waals surface area contributed by atoms with E-state index in [0.29, 0.717) is 23.4 Å². The van der Waals surface area contributed by atoms with E-state index in [1.165, 1.54) is 6.07 Å². The van der Waals surface area contributed by atoms with E-state index in [9.17, 15) is 8.42 Å². The summed E-state index contributed by atoms with van der Waals surface area (Å²) < 4.78 is 28.0. The molecule has 0 aliphatic carbocycles. The van der Waals surface area contributed by atoms with Crippen molar-refractivity contribution in [1.82, 2.24) is 4.72 Å². The van der Waals surface area contributed by atoms with Crippen LogP contribution in [0.3, 0.4) is 0 Å². The molecule has 4 nitrogen and oxygen atoms in total. The lowest BCUT2D eigenvalue weighted by Crippen LogP contribution is -2.45. The lowest BCUT2D eigenvalue weighted by molar-refractivity contribution is 0.388. The number of benzene rings is 1. The molecule has 20 heavy (non-hydrogen) atoms. The minimum atomic E-state index is -3.62. The van der Waals surface area contributed by atoms with Gasteiger partial charge in [0.15, 0.2) is 0 Å². The second-order valence-electron chi connectivity index (χ2n) is 5.27. The molecule has 6 heteroatoms. The number of nitrogens with two attached hydrogens (primary N) is 1. The molecular weight excluding hydrogens is 296 g/mol. The summed E-state index contributed by atoms with van der Waals surface area (Å²) in [6.07, 6.45) is 1.43. The summed E-state index contributed by atoms with van der Waals surface area (Å²) in [6, 6.07) is 3.18. The fourth-order valence-corrected chi connectivity index (χ4v) is 4.14. The topological polar surface area (TPSA) is 72.2 Å². The minimum absolute atomic E-state index is 0.207. The first-order valence-corrected chi connectivity index (χ1v) is 8.58. The monoisotopic (exact) mass is 318 g/mol. The molecule has 114 valence electrons. The van der Waals surface area contributed by atoms with E-state index < -0.39 is 15.6 Å². The Morgan fingerprint density at radius 1 is 1.30 bits per heavy atom. The fraction of sp³-hybridized carbons (Fsp3) is 0.571. The van der Waals surface area contributed by atoms with Gasteiger partial charge in [0.25, 0.3) is 0 Å². The van der Waals surface area contributed by atoms with Gasteiger partial charge < -0.3 is 5.73 Å². The van der Waals surface area contributed by atoms with Gasteiger partial charge in [0.1, 0.15) is 0 Å². The SMILES string of the molecule is CCC(C)(CC)NS(=O)(=O)c1cc(Cl)cc(CN)c1C. The van der Waals surface area contributed by atoms with E-state index in [1.54, 1.807) is 13.0 Å². The first-order valence-electron chi connectivity index (χ1n) is 6.72. The van der Waals surface area contributed by atoms with Crippen molar-refractivity contribution in [3.63, 3.8) is 0 Å². The zero-order chi connectivity index (χ0) is 15.6. The van der Waals surface area contributed by atoms with Crippen LogP contribution >= 0.6 is 11.6 Å². The summed E-state index contributed by atoms with van der Waals surface area (Å²) in [5.74, 6) is 0. The van der Waals surface area contributed by atoms with Crippen LogP contribution in [0.4, 0.5) is 0 Å². The molecule has 0 saturated heterocycles. The fourth-order valence-electron chi connectivity index (χ4n) is 1.97. The Balaban J connectivity index is 3.33. The summed E-state index contributed by atoms with van der Waals surface area (Å²) in [6.45, 7) is 7.83. The van der Waals surface area contributed by atoms with Gasteiger partial charge in [-0.25, -0.2) is 13.1 Å². The van der Waals surface area contributed by atoms with Gasteiger partial charge in [0.05, 0.1) is 4.90 Å². The van der Waals surface area contributed by atoms with Gasteiger partial charge in [-0.15, -0.1) is 0 Å². The second-order valence-corrected chi connectivity index (χ2v) is 7.35. The molecule has 0 bridgehead atoms. The third-order valence-corrected chi connectivity index (χ3v) is 5.87. The van der Waals surface area contributed by atoms with Crippen LogP contribution in [0.5, 0.6) is 0 Å². The van der Waals surface area contributed by atoms with Crippen molar-refractivity contribution in [3.8, 4) is 0 Å². The molecule has 0 atom stereocenters. The summed E-state index contributed by atoms with van der Waals surface area (Å²) in [5.41, 5.74) is 6.57. The largest absolute Gasteiger partial charge is 0.326 e. The maximum atomic E-state index is 12.6. The first-order chi connectivity index (χ1) is 9.19. The first kappa shape index (κ1) is 17.4. The molecule has 0 spiro atoms. The lowest BCUT2D eigenvalue weighted by atomic mass is 9.98. The Labute approximate surface area is 126 Å². The molecular formula is C14H23ClN2O2S. The zero-order valence-corrected chi connectivity index (χ0v) is 14.0. The van der Waals surface area contributed by atoms with E-state index >= 15 is 0 Å². The molecule has 0 heterocycles. The van der Waals surface area contributed by atoms with Crippen molar-refractivity contribution in [1.29, 1.82) is 0 Å². The highest BCUT2D eigenvalue weighted by Crippen LogP contribution is 2.26. The lowest BCUT2D eigenvalue weighted by Gasteiger charge is -2.28. The van der Waals surface area contributed by atoms with Crippen LogP contribution in [0.25, 0.3) is 0 Å². The van der Waals surface area contributed by atoms with Gasteiger partial charge in [-0.3, -0.25) is 0 Å². The summed E-state index contributed by atoms with van der Waals surface area (Å²) >= 11 is 6.00. The number of sulfonamides is 1. The Morgan fingerprint density at radius 3 is 2.30 bits per heavy atom. The van der Waals surface area contributed by atoms with Gasteiger partial charge in [0.2, 0.25) is 10.0 Å². The van der Waals surface area contributed by atoms with Crippen molar-refractivity contribution in [3.05, 3.63) is 28.3 Å². The predicted octanol–water partition coefficient (Wildman–Crippen LogP) is 2.96. The van der Waals surface area contributed by atoms with Gasteiger partial charge in [-0.05, 0) is 49.9 Å². The molecule has 3 N–H and O–H groups in total. The normalized spacial score (nSPS) is 12.7. The third kappa shape index (κ3) is 3.73. The zero-order valence-electron chi connectivity index (χ0n) is 12.5. The van der Waals surface area contributed by atoms with Crippen LogP contribution in [0, 0.1) is 6.92 Å². The predicted molar refractivity (Wildman–Crippen MR) is 83.4 cm³/mol. The van der Waals surface area contributed by atoms with Gasteiger partial charge in [-0.2, -0.15) is 0 Å². The molecule has 1 aromatic carbocycles. The van der Waals surface area contributed by atoms with Crippen LogP contribution in [0.15, 0.2) is 17.0 Å². The average Bonchev–Trinajstić information content (AvgIpc) is 2.40. The Hall–Kier alpha value is -0.620. The van der Waals surface area contributed by atoms with Crippen LogP contribution in [0.2, 0.25) is 5.02 Å². The van der Waals surface area contributed by atoms with E-state index in [0.717, 1.165) is 5.56 Å². The molecule has 1 rings (SSSR count). The molecule has 0 aromatic heterocycles. The average molecular weight is 319 g/mol. The molecule has 0 aliphatic heterocycles. The third-order valence-electron chi connectivity index (χ3n) is 3.88. The van der Waals surface area contributed by atoms with Crippen LogP contribution in [-0.4, -0.2) is 14.0 Å². The quantitative estimate of drug-likeness (QED) is 0.847. The second kappa shape index (κ2) is 6.43. The molecule has 1 aromatic rings. The van der Waals surface area contributed by atoms with E-state index in [-0.39, 0.29) is 11.4 Å². The molecule has 0 unspecified atom stereocenters. The number of halogens is 1. The highest BCUT2D eigenvalue weighted by Gasteiger charge is 2.29. The Bertz CT molecular complexity index is 581. The minimum Gasteiger partial charge on any atom is -0.326 e. The van der Waals surface area contributed by atoms with Crippen molar-refractivity contribution >= 4 is 21.6 Å². The molecule has 0 radical (unpaired) electrons. The maximum absolute atomic E-state index is 12.6. The highest BCUT2D eigenvalue weighted by atomic mass is 35.5. The van der Waals surface area contributed by atoms with Crippen molar-refractivity contribution in [2.24, 2.45) is 5.73 Å². The van der Waals surface area contributed by atoms with Gasteiger partial charge in [-0.1, -0.05) is 25.4 Å². The van der Waals surface area contributed by atoms with E-state index in [4.69, 9.17) is 17.3 Å². The Morgan fingerprint density at radius 2 is 1.85 bits per heavy atom.